The predicted octanol–water partition coefficient (Wildman–Crippen LogP) is 2.53. The molecule has 4 nitrogen and oxygen atoms in total. The lowest BCUT2D eigenvalue weighted by atomic mass is 10.2. The molecule has 7 heteroatoms. The van der Waals surface area contributed by atoms with Crippen LogP contribution in [-0.2, 0) is 6.18 Å². The molecule has 1 aliphatic heterocycles. The molecule has 20 heavy (non-hydrogen) atoms. The van der Waals surface area contributed by atoms with Crippen molar-refractivity contribution in [3.8, 4) is 0 Å². The van der Waals surface area contributed by atoms with Crippen LogP contribution in [0.15, 0.2) is 24.3 Å². The van der Waals surface area contributed by atoms with Crippen LogP contribution in [0.25, 0.3) is 0 Å². The van der Waals surface area contributed by atoms with E-state index in [-0.39, 0.29) is 17.8 Å². The van der Waals surface area contributed by atoms with Crippen molar-refractivity contribution < 1.29 is 18.0 Å². The van der Waals surface area contributed by atoms with Gasteiger partial charge in [-0.1, -0.05) is 6.07 Å². The molecule has 2 amide bonds. The highest BCUT2D eigenvalue weighted by atomic mass is 19.4. The number of urea groups is 1. The zero-order valence-electron chi connectivity index (χ0n) is 11.0. The maximum absolute atomic E-state index is 12.6. The highest BCUT2D eigenvalue weighted by molar-refractivity contribution is 5.89. The third-order valence-corrected chi connectivity index (χ3v) is 3.10. The quantitative estimate of drug-likeness (QED) is 0.833. The van der Waals surface area contributed by atoms with Crippen LogP contribution >= 0.6 is 0 Å². The van der Waals surface area contributed by atoms with Gasteiger partial charge in [0.15, 0.2) is 0 Å². The van der Waals surface area contributed by atoms with Gasteiger partial charge in [-0.3, -0.25) is 0 Å². The number of carbonyl (C=O) groups excluding carboxylic acids is 1. The summed E-state index contributed by atoms with van der Waals surface area (Å²) in [5.74, 6) is 0. The Morgan fingerprint density at radius 2 is 2.20 bits per heavy atom. The Labute approximate surface area is 114 Å². The monoisotopic (exact) mass is 287 g/mol. The maximum atomic E-state index is 12.6. The molecule has 0 saturated carbocycles. The van der Waals surface area contributed by atoms with E-state index in [1.807, 2.05) is 6.92 Å². The average molecular weight is 287 g/mol. The maximum Gasteiger partial charge on any atom is 0.416 e. The van der Waals surface area contributed by atoms with Gasteiger partial charge in [-0.2, -0.15) is 13.2 Å². The number of alkyl halides is 3. The molecule has 0 aromatic heterocycles. The number of hydrogen-bond donors (Lipinski definition) is 2. The van der Waals surface area contributed by atoms with Crippen molar-refractivity contribution in [2.45, 2.75) is 19.1 Å². The van der Waals surface area contributed by atoms with Crippen LogP contribution in [0.4, 0.5) is 23.7 Å². The molecular formula is C13H16F3N3O. The van der Waals surface area contributed by atoms with Crippen molar-refractivity contribution in [3.05, 3.63) is 29.8 Å². The Morgan fingerprint density at radius 3 is 2.85 bits per heavy atom. The fraction of sp³-hybridized carbons (Fsp3) is 0.462. The highest BCUT2D eigenvalue weighted by Crippen LogP contribution is 2.30. The first-order valence-corrected chi connectivity index (χ1v) is 6.33. The van der Waals surface area contributed by atoms with Gasteiger partial charge in [0.05, 0.1) is 5.56 Å². The number of amides is 2. The van der Waals surface area contributed by atoms with E-state index in [2.05, 4.69) is 10.6 Å². The van der Waals surface area contributed by atoms with Gasteiger partial charge in [0.1, 0.15) is 0 Å². The Hall–Kier alpha value is -1.76. The molecule has 1 heterocycles. The van der Waals surface area contributed by atoms with Crippen molar-refractivity contribution in [3.63, 3.8) is 0 Å². The Balaban J connectivity index is 2.04. The van der Waals surface area contributed by atoms with Crippen molar-refractivity contribution in [2.24, 2.45) is 0 Å². The van der Waals surface area contributed by atoms with Crippen molar-refractivity contribution >= 4 is 11.7 Å². The summed E-state index contributed by atoms with van der Waals surface area (Å²) in [6, 6.07) is 4.43. The van der Waals surface area contributed by atoms with Gasteiger partial charge in [-0.15, -0.1) is 0 Å². The summed E-state index contributed by atoms with van der Waals surface area (Å²) in [5, 5.41) is 5.69. The predicted molar refractivity (Wildman–Crippen MR) is 69.5 cm³/mol. The minimum absolute atomic E-state index is 0.149. The topological polar surface area (TPSA) is 44.4 Å². The number of nitrogens with zero attached hydrogens (tertiary/aromatic N) is 1. The molecule has 1 atom stereocenters. The third-order valence-electron chi connectivity index (χ3n) is 3.10. The SMILES string of the molecule is CC1CN(C(=O)Nc2cccc(C(F)(F)F)c2)CCN1. The summed E-state index contributed by atoms with van der Waals surface area (Å²) in [6.45, 7) is 3.70. The number of benzene rings is 1. The molecule has 1 saturated heterocycles. The van der Waals surface area contributed by atoms with E-state index < -0.39 is 11.7 Å². The second kappa shape index (κ2) is 5.70. The van der Waals surface area contributed by atoms with Crippen molar-refractivity contribution in [2.75, 3.05) is 25.0 Å². The van der Waals surface area contributed by atoms with E-state index in [9.17, 15) is 18.0 Å². The normalized spacial score (nSPS) is 19.8. The molecule has 2 N–H and O–H groups in total. The summed E-state index contributed by atoms with van der Waals surface area (Å²) in [6.07, 6.45) is -4.41. The zero-order chi connectivity index (χ0) is 14.8. The average Bonchev–Trinajstić information content (AvgIpc) is 2.38. The van der Waals surface area contributed by atoms with Crippen LogP contribution in [0.1, 0.15) is 12.5 Å². The second-order valence-electron chi connectivity index (χ2n) is 4.81. The largest absolute Gasteiger partial charge is 0.416 e. The number of nitrogens with one attached hydrogen (secondary N) is 2. The molecular weight excluding hydrogens is 271 g/mol. The molecule has 1 unspecified atom stereocenters. The number of halogens is 3. The van der Waals surface area contributed by atoms with Gasteiger partial charge in [0.25, 0.3) is 0 Å². The molecule has 0 aliphatic carbocycles. The van der Waals surface area contributed by atoms with Gasteiger partial charge in [0, 0.05) is 31.4 Å². The summed E-state index contributed by atoms with van der Waals surface area (Å²) in [5.41, 5.74) is -0.625. The van der Waals surface area contributed by atoms with E-state index in [1.54, 1.807) is 4.90 Å². The smallest absolute Gasteiger partial charge is 0.322 e. The lowest BCUT2D eigenvalue weighted by Crippen LogP contribution is -2.52. The molecule has 1 aliphatic rings. The number of hydrogen-bond acceptors (Lipinski definition) is 2. The molecule has 110 valence electrons. The lowest BCUT2D eigenvalue weighted by Gasteiger charge is -2.31. The lowest BCUT2D eigenvalue weighted by molar-refractivity contribution is -0.137. The van der Waals surface area contributed by atoms with Crippen LogP contribution in [0, 0.1) is 0 Å². The second-order valence-corrected chi connectivity index (χ2v) is 4.81. The van der Waals surface area contributed by atoms with Crippen molar-refractivity contribution in [1.82, 2.24) is 10.2 Å². The first-order valence-electron chi connectivity index (χ1n) is 6.33. The van der Waals surface area contributed by atoms with Gasteiger partial charge < -0.3 is 15.5 Å². The number of piperazine rings is 1. The fourth-order valence-electron chi connectivity index (χ4n) is 2.09. The molecule has 1 aromatic carbocycles. The van der Waals surface area contributed by atoms with Crippen LogP contribution < -0.4 is 10.6 Å². The van der Waals surface area contributed by atoms with Crippen LogP contribution in [-0.4, -0.2) is 36.6 Å². The van der Waals surface area contributed by atoms with Crippen LogP contribution in [0.5, 0.6) is 0 Å². The molecule has 0 bridgehead atoms. The molecule has 0 radical (unpaired) electrons. The molecule has 2 rings (SSSR count). The van der Waals surface area contributed by atoms with Gasteiger partial charge in [-0.25, -0.2) is 4.79 Å². The standard InChI is InChI=1S/C13H16F3N3O/c1-9-8-19(6-5-17-9)12(20)18-11-4-2-3-10(7-11)13(14,15)16/h2-4,7,9,17H,5-6,8H2,1H3,(H,18,20). The first-order chi connectivity index (χ1) is 9.36. The minimum Gasteiger partial charge on any atom is -0.322 e. The van der Waals surface area contributed by atoms with E-state index >= 15 is 0 Å². The van der Waals surface area contributed by atoms with Crippen LogP contribution in [0.3, 0.4) is 0 Å². The highest BCUT2D eigenvalue weighted by Gasteiger charge is 2.30. The number of anilines is 1. The number of rotatable bonds is 1. The molecule has 0 spiro atoms. The van der Waals surface area contributed by atoms with Crippen molar-refractivity contribution in [1.29, 1.82) is 0 Å². The Bertz CT molecular complexity index is 490. The summed E-state index contributed by atoms with van der Waals surface area (Å²) in [4.78, 5) is 13.6. The number of carbonyl (C=O) groups is 1. The molecule has 1 fully saturated rings. The van der Waals surface area contributed by atoms with E-state index in [0.29, 0.717) is 19.6 Å². The first kappa shape index (κ1) is 14.6. The van der Waals surface area contributed by atoms with Gasteiger partial charge in [-0.05, 0) is 25.1 Å². The minimum atomic E-state index is -4.41. The fourth-order valence-corrected chi connectivity index (χ4v) is 2.09. The van der Waals surface area contributed by atoms with Gasteiger partial charge >= 0.3 is 12.2 Å². The van der Waals surface area contributed by atoms with Gasteiger partial charge in [0.2, 0.25) is 0 Å². The zero-order valence-corrected chi connectivity index (χ0v) is 11.0. The Morgan fingerprint density at radius 1 is 1.45 bits per heavy atom. The van der Waals surface area contributed by atoms with E-state index in [1.165, 1.54) is 12.1 Å². The summed E-state index contributed by atoms with van der Waals surface area (Å²) in [7, 11) is 0. The summed E-state index contributed by atoms with van der Waals surface area (Å²) < 4.78 is 37.7. The summed E-state index contributed by atoms with van der Waals surface area (Å²) >= 11 is 0. The van der Waals surface area contributed by atoms with E-state index in [0.717, 1.165) is 12.1 Å². The third kappa shape index (κ3) is 3.63. The van der Waals surface area contributed by atoms with Crippen LogP contribution in [0.2, 0.25) is 0 Å². The Kier molecular flexibility index (Phi) is 4.17. The molecule has 1 aromatic rings. The van der Waals surface area contributed by atoms with E-state index in [4.69, 9.17) is 0 Å².